The smallest absolute Gasteiger partial charge is 0.380 e. The van der Waals surface area contributed by atoms with E-state index in [-0.39, 0.29) is 11.4 Å². The summed E-state index contributed by atoms with van der Waals surface area (Å²) in [5, 5.41) is 10.6. The van der Waals surface area contributed by atoms with Crippen molar-refractivity contribution in [3.63, 3.8) is 0 Å². The Hall–Kier alpha value is -3.29. The fourth-order valence-electron chi connectivity index (χ4n) is 1.41. The summed E-state index contributed by atoms with van der Waals surface area (Å²) in [5.41, 5.74) is 0.299. The fourth-order valence-corrected chi connectivity index (χ4v) is 1.41. The van der Waals surface area contributed by atoms with Gasteiger partial charge in [0.25, 0.3) is 5.69 Å². The van der Waals surface area contributed by atoms with Gasteiger partial charge in [0.1, 0.15) is 6.42 Å². The Kier molecular flexibility index (Phi) is 6.35. The van der Waals surface area contributed by atoms with E-state index in [0.29, 0.717) is 5.56 Å². The summed E-state index contributed by atoms with van der Waals surface area (Å²) in [7, 11) is 1.18. The van der Waals surface area contributed by atoms with Gasteiger partial charge in [-0.05, 0) is 18.2 Å². The normalized spacial score (nSPS) is 10.1. The molecule has 0 fully saturated rings. The van der Waals surface area contributed by atoms with Crippen LogP contribution < -0.4 is 0 Å². The van der Waals surface area contributed by atoms with Crippen molar-refractivity contribution in [2.24, 2.45) is 0 Å². The molecule has 1 rings (SSSR count). The number of nitro groups is 1. The molecule has 0 spiro atoms. The number of ether oxygens (including phenoxy) is 2. The lowest BCUT2D eigenvalue weighted by Gasteiger charge is -2.02. The van der Waals surface area contributed by atoms with E-state index < -0.39 is 29.1 Å². The van der Waals surface area contributed by atoms with E-state index in [2.05, 4.69) is 16.1 Å². The highest BCUT2D eigenvalue weighted by atomic mass is 16.6. The number of allylic oxidation sites excluding steroid dienone is 1. The van der Waals surface area contributed by atoms with Gasteiger partial charge in [0, 0.05) is 12.1 Å². The Bertz CT molecular complexity index is 691. The summed E-state index contributed by atoms with van der Waals surface area (Å²) in [4.78, 5) is 44.2. The number of rotatable bonds is 7. The minimum absolute atomic E-state index is 0.123. The molecule has 8 nitrogen and oxygen atoms in total. The summed E-state index contributed by atoms with van der Waals surface area (Å²) in [6.45, 7) is 3.20. The number of ketones is 1. The van der Waals surface area contributed by atoms with Crippen molar-refractivity contribution in [2.75, 3.05) is 7.11 Å². The first-order valence-corrected chi connectivity index (χ1v) is 6.26. The Labute approximate surface area is 131 Å². The largest absolute Gasteiger partial charge is 0.490 e. The quantitative estimate of drug-likeness (QED) is 0.188. The molecule has 0 atom stereocenters. The van der Waals surface area contributed by atoms with Gasteiger partial charge in [-0.3, -0.25) is 19.7 Å². The predicted molar refractivity (Wildman–Crippen MR) is 79.0 cm³/mol. The molecule has 0 amide bonds. The highest BCUT2D eigenvalue weighted by Crippen LogP contribution is 2.14. The molecule has 0 aliphatic rings. The molecule has 0 aromatic heterocycles. The van der Waals surface area contributed by atoms with Gasteiger partial charge in [-0.2, -0.15) is 0 Å². The second kappa shape index (κ2) is 8.23. The number of non-ortho nitro benzene ring substituents is 1. The van der Waals surface area contributed by atoms with Crippen LogP contribution in [0, 0.1) is 10.1 Å². The van der Waals surface area contributed by atoms with Gasteiger partial charge in [0.15, 0.2) is 11.5 Å². The number of hydrogen-bond acceptors (Lipinski definition) is 7. The van der Waals surface area contributed by atoms with E-state index in [0.717, 1.165) is 6.08 Å². The zero-order valence-corrected chi connectivity index (χ0v) is 12.2. The van der Waals surface area contributed by atoms with Crippen LogP contribution >= 0.6 is 0 Å². The number of esters is 2. The molecule has 0 saturated carbocycles. The van der Waals surface area contributed by atoms with Crippen LogP contribution in [0.2, 0.25) is 0 Å². The van der Waals surface area contributed by atoms with Crippen LogP contribution in [-0.2, 0) is 23.9 Å². The molecule has 1 aromatic carbocycles. The van der Waals surface area contributed by atoms with Crippen molar-refractivity contribution in [1.82, 2.24) is 0 Å². The summed E-state index contributed by atoms with van der Waals surface area (Å²) in [6.07, 6.45) is 1.72. The third-order valence-corrected chi connectivity index (χ3v) is 2.54. The Morgan fingerprint density at radius 1 is 1.35 bits per heavy atom. The zero-order chi connectivity index (χ0) is 17.4. The van der Waals surface area contributed by atoms with Crippen molar-refractivity contribution in [1.29, 1.82) is 0 Å². The number of nitro benzene ring substituents is 1. The first-order chi connectivity index (χ1) is 10.8. The topological polar surface area (TPSA) is 113 Å². The predicted octanol–water partition coefficient (Wildman–Crippen LogP) is 1.80. The van der Waals surface area contributed by atoms with Crippen molar-refractivity contribution in [2.45, 2.75) is 6.42 Å². The van der Waals surface area contributed by atoms with Crippen LogP contribution in [0.1, 0.15) is 12.0 Å². The maximum Gasteiger partial charge on any atom is 0.380 e. The molecule has 23 heavy (non-hydrogen) atoms. The molecule has 0 radical (unpaired) electrons. The monoisotopic (exact) mass is 319 g/mol. The summed E-state index contributed by atoms with van der Waals surface area (Å²) in [5.74, 6) is -3.12. The maximum atomic E-state index is 11.6. The highest BCUT2D eigenvalue weighted by Gasteiger charge is 2.16. The van der Waals surface area contributed by atoms with Crippen molar-refractivity contribution >= 4 is 29.5 Å². The lowest BCUT2D eigenvalue weighted by atomic mass is 10.1. The van der Waals surface area contributed by atoms with Crippen molar-refractivity contribution < 1.29 is 28.8 Å². The van der Waals surface area contributed by atoms with E-state index in [1.54, 1.807) is 6.07 Å². The van der Waals surface area contributed by atoms with E-state index in [9.17, 15) is 24.5 Å². The van der Waals surface area contributed by atoms with Crippen LogP contribution in [0.25, 0.3) is 6.08 Å². The van der Waals surface area contributed by atoms with Gasteiger partial charge in [-0.15, -0.1) is 0 Å². The van der Waals surface area contributed by atoms with Gasteiger partial charge in [-0.1, -0.05) is 18.2 Å². The Balaban J connectivity index is 2.61. The van der Waals surface area contributed by atoms with Crippen LogP contribution in [0.15, 0.2) is 42.7 Å². The lowest BCUT2D eigenvalue weighted by Crippen LogP contribution is -2.16. The zero-order valence-electron chi connectivity index (χ0n) is 12.2. The molecule has 0 N–H and O–H groups in total. The summed E-state index contributed by atoms with van der Waals surface area (Å²) < 4.78 is 8.81. The average Bonchev–Trinajstić information content (AvgIpc) is 2.52. The first kappa shape index (κ1) is 17.8. The molecule has 120 valence electrons. The van der Waals surface area contributed by atoms with E-state index in [1.165, 1.54) is 31.4 Å². The van der Waals surface area contributed by atoms with E-state index >= 15 is 0 Å². The SMILES string of the molecule is C=C(OC)C(=O)OC(=O)CC(=O)C=Cc1cccc([N+](=O)[O-])c1. The minimum Gasteiger partial charge on any atom is -0.490 e. The van der Waals surface area contributed by atoms with Gasteiger partial charge in [0.05, 0.1) is 12.0 Å². The standard InChI is InChI=1S/C15H13NO7/c1-10(22-2)15(19)23-14(18)9-13(17)7-6-11-4-3-5-12(8-11)16(20)21/h3-8H,1,9H2,2H3. The third-order valence-electron chi connectivity index (χ3n) is 2.54. The van der Waals surface area contributed by atoms with Crippen LogP contribution in [0.3, 0.4) is 0 Å². The van der Waals surface area contributed by atoms with Crippen LogP contribution in [0.5, 0.6) is 0 Å². The van der Waals surface area contributed by atoms with Crippen LogP contribution in [0.4, 0.5) is 5.69 Å². The number of benzene rings is 1. The first-order valence-electron chi connectivity index (χ1n) is 6.26. The second-order valence-corrected chi connectivity index (χ2v) is 4.22. The van der Waals surface area contributed by atoms with Gasteiger partial charge < -0.3 is 9.47 Å². The van der Waals surface area contributed by atoms with Crippen molar-refractivity contribution in [3.8, 4) is 0 Å². The average molecular weight is 319 g/mol. The lowest BCUT2D eigenvalue weighted by molar-refractivity contribution is -0.384. The number of nitrogens with zero attached hydrogens (tertiary/aromatic N) is 1. The number of carbonyl (C=O) groups excluding carboxylic acids is 3. The molecule has 0 bridgehead atoms. The third kappa shape index (κ3) is 5.92. The van der Waals surface area contributed by atoms with E-state index in [4.69, 9.17) is 0 Å². The number of methoxy groups -OCH3 is 1. The molecule has 1 aromatic rings. The molecule has 0 heterocycles. The van der Waals surface area contributed by atoms with Crippen molar-refractivity contribution in [3.05, 3.63) is 58.4 Å². The van der Waals surface area contributed by atoms with E-state index in [1.807, 2.05) is 0 Å². The molecule has 0 aliphatic carbocycles. The van der Waals surface area contributed by atoms with Gasteiger partial charge >= 0.3 is 11.9 Å². The number of carbonyl (C=O) groups is 3. The Morgan fingerprint density at radius 3 is 2.65 bits per heavy atom. The maximum absolute atomic E-state index is 11.6. The molecule has 0 saturated heterocycles. The highest BCUT2D eigenvalue weighted by molar-refractivity contribution is 6.07. The minimum atomic E-state index is -1.08. The van der Waals surface area contributed by atoms with Gasteiger partial charge in [-0.25, -0.2) is 4.79 Å². The fraction of sp³-hybridized carbons (Fsp3) is 0.133. The molecule has 8 heteroatoms. The molecular weight excluding hydrogens is 306 g/mol. The molecular formula is C15H13NO7. The molecule has 0 unspecified atom stereocenters. The summed E-state index contributed by atoms with van der Waals surface area (Å²) >= 11 is 0. The summed E-state index contributed by atoms with van der Waals surface area (Å²) in [6, 6.07) is 5.60. The Morgan fingerprint density at radius 2 is 2.04 bits per heavy atom. The second-order valence-electron chi connectivity index (χ2n) is 4.22. The number of hydrogen-bond donors (Lipinski definition) is 0. The molecule has 0 aliphatic heterocycles. The van der Waals surface area contributed by atoms with Crippen LogP contribution in [-0.4, -0.2) is 29.8 Å². The van der Waals surface area contributed by atoms with Gasteiger partial charge in [0.2, 0.25) is 0 Å².